The first-order chi connectivity index (χ1) is 9.76. The minimum atomic E-state index is -0.568. The van der Waals surface area contributed by atoms with E-state index in [2.05, 4.69) is 4.90 Å². The summed E-state index contributed by atoms with van der Waals surface area (Å²) in [7, 11) is 1.77. The van der Waals surface area contributed by atoms with Gasteiger partial charge in [-0.05, 0) is 25.0 Å². The van der Waals surface area contributed by atoms with E-state index in [-0.39, 0.29) is 0 Å². The van der Waals surface area contributed by atoms with Gasteiger partial charge in [-0.1, -0.05) is 18.2 Å². The first-order valence-electron chi connectivity index (χ1n) is 7.18. The lowest BCUT2D eigenvalue weighted by molar-refractivity contribution is 0.0209. The number of aliphatic hydroxyl groups excluding tert-OH is 1. The highest BCUT2D eigenvalue weighted by Crippen LogP contribution is 2.25. The Hall–Kier alpha value is -1.36. The lowest BCUT2D eigenvalue weighted by atomic mass is 10.1. The van der Waals surface area contributed by atoms with Crippen molar-refractivity contribution < 1.29 is 14.3 Å². The summed E-state index contributed by atoms with van der Waals surface area (Å²) in [6.07, 6.45) is 1.86. The fourth-order valence-electron chi connectivity index (χ4n) is 2.83. The van der Waals surface area contributed by atoms with Crippen LogP contribution in [-0.4, -0.2) is 42.9 Å². The minimum Gasteiger partial charge on any atom is -0.458 e. The molecule has 2 heterocycles. The zero-order chi connectivity index (χ0) is 13.9. The predicted molar refractivity (Wildman–Crippen MR) is 77.6 cm³/mol. The standard InChI is InChI=1S/C16H21NO3/c1-19-13-6-8-17(9-7-13)11-14(18)16-10-12-4-2-3-5-15(12)20-16/h2-5,10,13-14,18H,6-9,11H2,1H3. The van der Waals surface area contributed by atoms with Crippen LogP contribution in [0.15, 0.2) is 34.7 Å². The van der Waals surface area contributed by atoms with Crippen molar-refractivity contribution in [3.05, 3.63) is 36.1 Å². The first kappa shape index (κ1) is 13.6. The van der Waals surface area contributed by atoms with Gasteiger partial charge in [0.2, 0.25) is 0 Å². The number of aliphatic hydroxyl groups is 1. The maximum atomic E-state index is 10.3. The number of hydrogen-bond acceptors (Lipinski definition) is 4. The molecular weight excluding hydrogens is 254 g/mol. The number of para-hydroxylation sites is 1. The zero-order valence-corrected chi connectivity index (χ0v) is 11.8. The van der Waals surface area contributed by atoms with Gasteiger partial charge < -0.3 is 19.2 Å². The summed E-state index contributed by atoms with van der Waals surface area (Å²) in [6.45, 7) is 2.56. The van der Waals surface area contributed by atoms with Crippen molar-refractivity contribution >= 4 is 11.0 Å². The Morgan fingerprint density at radius 2 is 2.10 bits per heavy atom. The van der Waals surface area contributed by atoms with E-state index < -0.39 is 6.10 Å². The van der Waals surface area contributed by atoms with Crippen LogP contribution >= 0.6 is 0 Å². The molecule has 0 aliphatic carbocycles. The zero-order valence-electron chi connectivity index (χ0n) is 11.8. The highest BCUT2D eigenvalue weighted by molar-refractivity contribution is 5.77. The van der Waals surface area contributed by atoms with Crippen LogP contribution in [-0.2, 0) is 4.74 Å². The number of likely N-dealkylation sites (tertiary alicyclic amines) is 1. The third kappa shape index (κ3) is 2.87. The van der Waals surface area contributed by atoms with Gasteiger partial charge in [0.05, 0.1) is 6.10 Å². The molecule has 1 aromatic heterocycles. The molecule has 20 heavy (non-hydrogen) atoms. The van der Waals surface area contributed by atoms with Crippen LogP contribution in [0, 0.1) is 0 Å². The van der Waals surface area contributed by atoms with Crippen molar-refractivity contribution in [1.29, 1.82) is 0 Å². The summed E-state index contributed by atoms with van der Waals surface area (Å²) in [4.78, 5) is 2.27. The number of benzene rings is 1. The van der Waals surface area contributed by atoms with Crippen LogP contribution in [0.5, 0.6) is 0 Å². The fraction of sp³-hybridized carbons (Fsp3) is 0.500. The summed E-state index contributed by atoms with van der Waals surface area (Å²) in [5.41, 5.74) is 0.833. The molecule has 0 radical (unpaired) electrons. The van der Waals surface area contributed by atoms with Crippen LogP contribution in [0.1, 0.15) is 24.7 Å². The van der Waals surface area contributed by atoms with Gasteiger partial charge in [-0.2, -0.15) is 0 Å². The molecule has 0 saturated carbocycles. The third-order valence-electron chi connectivity index (χ3n) is 4.07. The van der Waals surface area contributed by atoms with Gasteiger partial charge >= 0.3 is 0 Å². The number of β-amino-alcohol motifs (C(OH)–C–C–N with tert-alkyl or cyclic N) is 1. The normalized spacial score (nSPS) is 19.5. The second kappa shape index (κ2) is 5.95. The van der Waals surface area contributed by atoms with Crippen LogP contribution in [0.2, 0.25) is 0 Å². The van der Waals surface area contributed by atoms with Gasteiger partial charge in [0.25, 0.3) is 0 Å². The van der Waals surface area contributed by atoms with Gasteiger partial charge in [-0.3, -0.25) is 0 Å². The Morgan fingerprint density at radius 3 is 2.80 bits per heavy atom. The van der Waals surface area contributed by atoms with Gasteiger partial charge in [0.1, 0.15) is 17.4 Å². The molecule has 2 aromatic rings. The molecular formula is C16H21NO3. The Labute approximate surface area is 118 Å². The molecule has 1 N–H and O–H groups in total. The molecule has 108 valence electrons. The summed E-state index contributed by atoms with van der Waals surface area (Å²) < 4.78 is 11.1. The molecule has 1 atom stereocenters. The summed E-state index contributed by atoms with van der Waals surface area (Å²) in [6, 6.07) is 9.78. The van der Waals surface area contributed by atoms with Gasteiger partial charge in [-0.15, -0.1) is 0 Å². The average Bonchev–Trinajstić information content (AvgIpc) is 2.92. The fourth-order valence-corrected chi connectivity index (χ4v) is 2.83. The molecule has 4 heteroatoms. The minimum absolute atomic E-state index is 0.370. The Bertz CT molecular complexity index is 525. The van der Waals surface area contributed by atoms with E-state index in [0.717, 1.165) is 36.9 Å². The highest BCUT2D eigenvalue weighted by Gasteiger charge is 2.22. The number of piperidine rings is 1. The molecule has 4 nitrogen and oxygen atoms in total. The topological polar surface area (TPSA) is 45.8 Å². The number of methoxy groups -OCH3 is 1. The van der Waals surface area contributed by atoms with Crippen LogP contribution in [0.3, 0.4) is 0 Å². The van der Waals surface area contributed by atoms with Crippen molar-refractivity contribution in [2.45, 2.75) is 25.0 Å². The molecule has 3 rings (SSSR count). The summed E-state index contributed by atoms with van der Waals surface area (Å²) in [5.74, 6) is 0.653. The van der Waals surface area contributed by atoms with E-state index in [4.69, 9.17) is 9.15 Å². The molecule has 0 amide bonds. The Morgan fingerprint density at radius 1 is 1.35 bits per heavy atom. The SMILES string of the molecule is COC1CCN(CC(O)c2cc3ccccc3o2)CC1. The number of furan rings is 1. The van der Waals surface area contributed by atoms with Crippen molar-refractivity contribution in [1.82, 2.24) is 4.90 Å². The van der Waals surface area contributed by atoms with E-state index in [0.29, 0.717) is 18.4 Å². The predicted octanol–water partition coefficient (Wildman–Crippen LogP) is 2.58. The van der Waals surface area contributed by atoms with E-state index in [1.165, 1.54) is 0 Å². The van der Waals surface area contributed by atoms with Crippen LogP contribution in [0.25, 0.3) is 11.0 Å². The summed E-state index contributed by atoms with van der Waals surface area (Å²) in [5, 5.41) is 11.4. The lowest BCUT2D eigenvalue weighted by Gasteiger charge is -2.32. The van der Waals surface area contributed by atoms with E-state index in [9.17, 15) is 5.11 Å². The maximum Gasteiger partial charge on any atom is 0.135 e. The molecule has 1 aliphatic rings. The Balaban J connectivity index is 1.63. The maximum absolute atomic E-state index is 10.3. The number of hydrogen-bond donors (Lipinski definition) is 1. The monoisotopic (exact) mass is 275 g/mol. The molecule has 1 saturated heterocycles. The molecule has 0 bridgehead atoms. The average molecular weight is 275 g/mol. The van der Waals surface area contributed by atoms with Crippen LogP contribution in [0.4, 0.5) is 0 Å². The quantitative estimate of drug-likeness (QED) is 0.931. The first-order valence-corrected chi connectivity index (χ1v) is 7.18. The largest absolute Gasteiger partial charge is 0.458 e. The van der Waals surface area contributed by atoms with Crippen molar-refractivity contribution in [3.63, 3.8) is 0 Å². The molecule has 1 aliphatic heterocycles. The van der Waals surface area contributed by atoms with Gasteiger partial charge in [0, 0.05) is 32.1 Å². The van der Waals surface area contributed by atoms with Crippen molar-refractivity contribution in [2.75, 3.05) is 26.7 Å². The lowest BCUT2D eigenvalue weighted by Crippen LogP contribution is -2.38. The summed E-state index contributed by atoms with van der Waals surface area (Å²) >= 11 is 0. The molecule has 1 aromatic carbocycles. The van der Waals surface area contributed by atoms with E-state index >= 15 is 0 Å². The van der Waals surface area contributed by atoms with Gasteiger partial charge in [0.15, 0.2) is 0 Å². The molecule has 1 unspecified atom stereocenters. The molecule has 0 spiro atoms. The number of fused-ring (bicyclic) bond motifs is 1. The highest BCUT2D eigenvalue weighted by atomic mass is 16.5. The second-order valence-corrected chi connectivity index (χ2v) is 5.44. The number of nitrogens with zero attached hydrogens (tertiary/aromatic N) is 1. The molecule has 1 fully saturated rings. The van der Waals surface area contributed by atoms with Crippen molar-refractivity contribution in [2.24, 2.45) is 0 Å². The Kier molecular flexibility index (Phi) is 4.05. The smallest absolute Gasteiger partial charge is 0.135 e. The van der Waals surface area contributed by atoms with Crippen LogP contribution < -0.4 is 0 Å². The van der Waals surface area contributed by atoms with Gasteiger partial charge in [-0.25, -0.2) is 0 Å². The number of ether oxygens (including phenoxy) is 1. The van der Waals surface area contributed by atoms with E-state index in [1.807, 2.05) is 30.3 Å². The third-order valence-corrected chi connectivity index (χ3v) is 4.07. The van der Waals surface area contributed by atoms with E-state index in [1.54, 1.807) is 7.11 Å². The second-order valence-electron chi connectivity index (χ2n) is 5.44. The van der Waals surface area contributed by atoms with Crippen molar-refractivity contribution in [3.8, 4) is 0 Å². The number of rotatable bonds is 4.